The molecular weight excluding hydrogens is 202 g/mol. The van der Waals surface area contributed by atoms with Crippen molar-refractivity contribution in [2.24, 2.45) is 0 Å². The van der Waals surface area contributed by atoms with Crippen LogP contribution < -0.4 is 9.75 Å². The van der Waals surface area contributed by atoms with Crippen molar-refractivity contribution in [3.8, 4) is 0 Å². The first-order valence-corrected chi connectivity index (χ1v) is 5.24. The Hall–Kier alpha value is -0.700. The second-order valence-electron chi connectivity index (χ2n) is 3.80. The van der Waals surface area contributed by atoms with Crippen molar-refractivity contribution in [3.05, 3.63) is 20.7 Å². The molecular formula is C11H14F2S. The third-order valence-corrected chi connectivity index (χ3v) is 2.87. The zero-order chi connectivity index (χ0) is 10.9. The number of rotatable bonds is 2. The van der Waals surface area contributed by atoms with Crippen molar-refractivity contribution in [1.82, 2.24) is 0 Å². The Bertz CT molecular complexity index is 419. The first-order chi connectivity index (χ1) is 6.29. The Morgan fingerprint density at radius 3 is 2.43 bits per heavy atom. The fourth-order valence-electron chi connectivity index (χ4n) is 1.30. The third kappa shape index (κ3) is 2.91. The van der Waals surface area contributed by atoms with Gasteiger partial charge in [0.05, 0.1) is 0 Å². The van der Waals surface area contributed by atoms with Crippen LogP contribution in [0.5, 0.6) is 0 Å². The highest BCUT2D eigenvalue weighted by atomic mass is 32.1. The van der Waals surface area contributed by atoms with Gasteiger partial charge in [0, 0.05) is 15.8 Å². The lowest BCUT2D eigenvalue weighted by atomic mass is 10.2. The highest BCUT2D eigenvalue weighted by Crippen LogP contribution is 2.19. The largest absolute Gasteiger partial charge is 0.250 e. The molecule has 3 heteroatoms. The van der Waals surface area contributed by atoms with Crippen molar-refractivity contribution in [2.45, 2.75) is 33.1 Å². The average Bonchev–Trinajstić information content (AvgIpc) is 2.26. The molecule has 0 amide bonds. The van der Waals surface area contributed by atoms with Gasteiger partial charge >= 0.3 is 0 Å². The smallest absolute Gasteiger partial charge is 0.207 e. The Morgan fingerprint density at radius 2 is 2.07 bits per heavy atom. The molecule has 1 aromatic rings. The molecule has 0 aliphatic carbocycles. The quantitative estimate of drug-likeness (QED) is 0.712. The summed E-state index contributed by atoms with van der Waals surface area (Å²) >= 11 is 1.36. The van der Waals surface area contributed by atoms with E-state index in [4.69, 9.17) is 0 Å². The molecule has 0 saturated heterocycles. The van der Waals surface area contributed by atoms with Crippen molar-refractivity contribution in [3.63, 3.8) is 0 Å². The molecule has 0 bridgehead atoms. The number of thiophene rings is 1. The minimum Gasteiger partial charge on any atom is -0.207 e. The van der Waals surface area contributed by atoms with Gasteiger partial charge in [0.2, 0.25) is 5.92 Å². The van der Waals surface area contributed by atoms with Crippen molar-refractivity contribution < 1.29 is 8.78 Å². The molecule has 0 spiro atoms. The predicted octanol–water partition coefficient (Wildman–Crippen LogP) is 2.55. The Labute approximate surface area is 86.6 Å². The van der Waals surface area contributed by atoms with Crippen LogP contribution >= 0.6 is 11.3 Å². The van der Waals surface area contributed by atoms with E-state index in [1.165, 1.54) is 11.3 Å². The predicted molar refractivity (Wildman–Crippen MR) is 58.2 cm³/mol. The van der Waals surface area contributed by atoms with E-state index >= 15 is 0 Å². The van der Waals surface area contributed by atoms with Crippen LogP contribution in [0.15, 0.2) is 6.07 Å². The summed E-state index contributed by atoms with van der Waals surface area (Å²) in [6.45, 7) is 8.71. The van der Waals surface area contributed by atoms with Gasteiger partial charge in [0.15, 0.2) is 0 Å². The van der Waals surface area contributed by atoms with Crippen LogP contribution in [0.1, 0.15) is 25.6 Å². The number of hydrogen-bond donors (Lipinski definition) is 0. The second kappa shape index (κ2) is 3.81. The van der Waals surface area contributed by atoms with E-state index in [-0.39, 0.29) is 6.42 Å². The number of hydrogen-bond acceptors (Lipinski definition) is 1. The number of alkyl halides is 2. The van der Waals surface area contributed by atoms with Gasteiger partial charge in [-0.15, -0.1) is 11.3 Å². The molecule has 0 N–H and O–H groups in total. The maximum Gasteiger partial charge on any atom is 0.250 e. The molecule has 14 heavy (non-hydrogen) atoms. The van der Waals surface area contributed by atoms with Crippen LogP contribution in [0, 0.1) is 0 Å². The standard InChI is InChI=1S/C11H14F2S/c1-7(2)10-5-9(14-8(10)3)6-11(4,12)13/h5H,3,6H2,1-2,4H3. The van der Waals surface area contributed by atoms with Gasteiger partial charge in [-0.1, -0.05) is 12.2 Å². The third-order valence-electron chi connectivity index (χ3n) is 1.88. The molecule has 0 nitrogen and oxygen atoms in total. The van der Waals surface area contributed by atoms with Crippen LogP contribution in [0.3, 0.4) is 0 Å². The van der Waals surface area contributed by atoms with E-state index in [9.17, 15) is 8.78 Å². The van der Waals surface area contributed by atoms with E-state index in [0.717, 1.165) is 22.2 Å². The maximum absolute atomic E-state index is 12.7. The molecule has 0 saturated carbocycles. The molecule has 78 valence electrons. The summed E-state index contributed by atoms with van der Waals surface area (Å²) in [5.41, 5.74) is 1.12. The van der Waals surface area contributed by atoms with Crippen LogP contribution in [0.4, 0.5) is 8.78 Å². The molecule has 1 rings (SSSR count). The highest BCUT2D eigenvalue weighted by molar-refractivity contribution is 7.09. The Balaban J connectivity index is 3.12. The minimum absolute atomic E-state index is 0.187. The molecule has 1 heterocycles. The summed E-state index contributed by atoms with van der Waals surface area (Å²) in [4.78, 5) is 0.707. The molecule has 0 aromatic carbocycles. The monoisotopic (exact) mass is 216 g/mol. The van der Waals surface area contributed by atoms with E-state index < -0.39 is 5.92 Å². The lowest BCUT2D eigenvalue weighted by molar-refractivity contribution is 0.0234. The fraction of sp³-hybridized carbons (Fsp3) is 0.455. The van der Waals surface area contributed by atoms with Crippen LogP contribution in [-0.2, 0) is 6.42 Å². The number of halogens is 2. The van der Waals surface area contributed by atoms with Crippen molar-refractivity contribution >= 4 is 23.5 Å². The second-order valence-corrected chi connectivity index (χ2v) is 5.02. The van der Waals surface area contributed by atoms with E-state index in [2.05, 4.69) is 6.58 Å². The first kappa shape index (κ1) is 11.4. The normalized spacial score (nSPS) is 11.8. The maximum atomic E-state index is 12.7. The van der Waals surface area contributed by atoms with Gasteiger partial charge in [-0.05, 0) is 32.1 Å². The van der Waals surface area contributed by atoms with E-state index in [1.54, 1.807) is 0 Å². The zero-order valence-electron chi connectivity index (χ0n) is 8.66. The van der Waals surface area contributed by atoms with E-state index in [0.29, 0.717) is 4.88 Å². The Morgan fingerprint density at radius 1 is 1.50 bits per heavy atom. The summed E-state index contributed by atoms with van der Waals surface area (Å²) in [7, 11) is 0. The van der Waals surface area contributed by atoms with Gasteiger partial charge in [0.25, 0.3) is 0 Å². The van der Waals surface area contributed by atoms with Crippen molar-refractivity contribution in [2.75, 3.05) is 0 Å². The lowest BCUT2D eigenvalue weighted by Crippen LogP contribution is -2.17. The minimum atomic E-state index is -2.63. The van der Waals surface area contributed by atoms with E-state index in [1.807, 2.05) is 19.9 Å². The van der Waals surface area contributed by atoms with Crippen LogP contribution in [0.25, 0.3) is 12.2 Å². The molecule has 0 radical (unpaired) electrons. The van der Waals surface area contributed by atoms with Crippen LogP contribution in [0.2, 0.25) is 0 Å². The SMILES string of the molecule is C=c1sc(CC(C)(F)F)cc1=C(C)C. The molecule has 1 aromatic heterocycles. The van der Waals surface area contributed by atoms with Gasteiger partial charge in [0.1, 0.15) is 0 Å². The first-order valence-electron chi connectivity index (χ1n) is 4.42. The van der Waals surface area contributed by atoms with Gasteiger partial charge < -0.3 is 0 Å². The van der Waals surface area contributed by atoms with Gasteiger partial charge in [-0.2, -0.15) is 0 Å². The molecule has 0 fully saturated rings. The highest BCUT2D eigenvalue weighted by Gasteiger charge is 2.22. The van der Waals surface area contributed by atoms with Crippen LogP contribution in [-0.4, -0.2) is 5.92 Å². The Kier molecular flexibility index (Phi) is 3.10. The van der Waals surface area contributed by atoms with Crippen molar-refractivity contribution in [1.29, 1.82) is 0 Å². The lowest BCUT2D eigenvalue weighted by Gasteiger charge is -2.06. The molecule has 0 aliphatic heterocycles. The summed E-state index contributed by atoms with van der Waals surface area (Å²) in [6, 6.07) is 1.82. The average molecular weight is 216 g/mol. The molecule has 0 atom stereocenters. The van der Waals surface area contributed by atoms with Gasteiger partial charge in [-0.3, -0.25) is 0 Å². The summed E-state index contributed by atoms with van der Waals surface area (Å²) in [5, 5.41) is 1.01. The van der Waals surface area contributed by atoms with Gasteiger partial charge in [-0.25, -0.2) is 8.78 Å². The molecule has 0 unspecified atom stereocenters. The fourth-order valence-corrected chi connectivity index (χ4v) is 2.49. The zero-order valence-corrected chi connectivity index (χ0v) is 9.47. The summed E-state index contributed by atoms with van der Waals surface area (Å²) in [6.07, 6.45) is -0.187. The molecule has 0 aliphatic rings. The summed E-state index contributed by atoms with van der Waals surface area (Å²) in [5.74, 6) is -2.63. The summed E-state index contributed by atoms with van der Waals surface area (Å²) < 4.78 is 26.3. The topological polar surface area (TPSA) is 0 Å².